The Morgan fingerprint density at radius 2 is 1.79 bits per heavy atom. The number of rotatable bonds is 3. The summed E-state index contributed by atoms with van der Waals surface area (Å²) in [6.07, 6.45) is 10.4. The van der Waals surface area contributed by atoms with Crippen molar-refractivity contribution in [3.8, 4) is 0 Å². The van der Waals surface area contributed by atoms with Gasteiger partial charge in [0.25, 0.3) is 0 Å². The van der Waals surface area contributed by atoms with Gasteiger partial charge in [-0.2, -0.15) is 0 Å². The summed E-state index contributed by atoms with van der Waals surface area (Å²) in [7, 11) is 0. The van der Waals surface area contributed by atoms with Gasteiger partial charge < -0.3 is 0 Å². The van der Waals surface area contributed by atoms with E-state index in [4.69, 9.17) is 0 Å². The van der Waals surface area contributed by atoms with Crippen LogP contribution < -0.4 is 3.11 Å². The van der Waals surface area contributed by atoms with E-state index in [9.17, 15) is 0 Å². The Balaban J connectivity index is 1.44. The van der Waals surface area contributed by atoms with Gasteiger partial charge in [0.05, 0.1) is 43.8 Å². The van der Waals surface area contributed by atoms with Crippen molar-refractivity contribution >= 4 is 67.9 Å². The summed E-state index contributed by atoms with van der Waals surface area (Å²) >= 11 is 5.86. The number of para-hydroxylation sites is 2. The number of benzene rings is 2. The molecule has 24 heavy (non-hydrogen) atoms. The minimum atomic E-state index is 1.03. The van der Waals surface area contributed by atoms with Gasteiger partial charge in [0, 0.05) is 4.90 Å². The second kappa shape index (κ2) is 7.13. The predicted molar refractivity (Wildman–Crippen MR) is 115 cm³/mol. The summed E-state index contributed by atoms with van der Waals surface area (Å²) in [5, 5.41) is 2.26. The first-order valence-electron chi connectivity index (χ1n) is 7.45. The monoisotopic (exact) mass is 460 g/mol. The molecule has 4 rings (SSSR count). The normalized spacial score (nSPS) is 16.0. The van der Waals surface area contributed by atoms with Crippen LogP contribution in [0.5, 0.6) is 0 Å². The molecule has 3 aromatic rings. The summed E-state index contributed by atoms with van der Waals surface area (Å²) in [6, 6.07) is 16.7. The average Bonchev–Trinajstić information content (AvgIpc) is 3.16. The van der Waals surface area contributed by atoms with Crippen LogP contribution in [0.2, 0.25) is 0 Å². The number of anilines is 1. The summed E-state index contributed by atoms with van der Waals surface area (Å²) in [4.78, 5) is 5.90. The fraction of sp³-hybridized carbons (Fsp3) is 0. The molecule has 118 valence electrons. The van der Waals surface area contributed by atoms with Gasteiger partial charge in [0.2, 0.25) is 0 Å². The molecule has 1 aliphatic rings. The summed E-state index contributed by atoms with van der Waals surface area (Å²) in [5.41, 5.74) is 2.32. The topological polar surface area (TPSA) is 16.1 Å². The number of nitrogens with zero attached hydrogens (tertiary/aromatic N) is 2. The van der Waals surface area contributed by atoms with E-state index in [2.05, 4.69) is 79.5 Å². The Labute approximate surface area is 163 Å². The molecule has 2 heterocycles. The van der Waals surface area contributed by atoms with Crippen LogP contribution in [0.25, 0.3) is 16.3 Å². The highest BCUT2D eigenvalue weighted by Gasteiger charge is 2.21. The van der Waals surface area contributed by atoms with Crippen molar-refractivity contribution in [2.75, 3.05) is 3.11 Å². The van der Waals surface area contributed by atoms with Crippen molar-refractivity contribution in [1.29, 1.82) is 0 Å². The molecular formula is C19H13IN2S2. The van der Waals surface area contributed by atoms with Crippen LogP contribution in [0.15, 0.2) is 82.8 Å². The van der Waals surface area contributed by atoms with Crippen molar-refractivity contribution < 1.29 is 0 Å². The first-order chi connectivity index (χ1) is 11.8. The van der Waals surface area contributed by atoms with Gasteiger partial charge >= 0.3 is 0 Å². The van der Waals surface area contributed by atoms with Crippen LogP contribution in [0, 0.1) is 0 Å². The third kappa shape index (κ3) is 3.29. The molecule has 2 nitrogen and oxygen atoms in total. The Morgan fingerprint density at radius 1 is 0.958 bits per heavy atom. The average molecular weight is 460 g/mol. The minimum Gasteiger partial charge on any atom is -0.276 e. The number of aromatic nitrogens is 1. The molecule has 0 spiro atoms. The summed E-state index contributed by atoms with van der Waals surface area (Å²) in [5.74, 6) is 0. The number of halogens is 1. The summed E-state index contributed by atoms with van der Waals surface area (Å²) < 4.78 is 3.42. The molecule has 1 aromatic heterocycles. The van der Waals surface area contributed by atoms with Crippen LogP contribution in [-0.2, 0) is 0 Å². The zero-order valence-electron chi connectivity index (χ0n) is 12.6. The maximum Gasteiger partial charge on any atom is 0.117 e. The lowest BCUT2D eigenvalue weighted by Gasteiger charge is -2.08. The number of thiazole rings is 1. The van der Waals surface area contributed by atoms with Crippen molar-refractivity contribution in [2.24, 2.45) is 0 Å². The van der Waals surface area contributed by atoms with Crippen LogP contribution in [-0.4, -0.2) is 4.98 Å². The van der Waals surface area contributed by atoms with Gasteiger partial charge in [-0.1, -0.05) is 54.3 Å². The second-order valence-corrected chi connectivity index (χ2v) is 8.21. The largest absolute Gasteiger partial charge is 0.276 e. The zero-order chi connectivity index (χ0) is 16.4. The number of thioether (sulfide) groups is 1. The molecule has 2 aromatic carbocycles. The maximum atomic E-state index is 4.60. The molecule has 0 saturated heterocycles. The first-order valence-corrected chi connectivity index (χ1v) is 10.0. The van der Waals surface area contributed by atoms with Gasteiger partial charge in [0.15, 0.2) is 0 Å². The molecule has 1 aliphatic heterocycles. The Bertz CT molecular complexity index is 939. The van der Waals surface area contributed by atoms with E-state index in [-0.39, 0.29) is 0 Å². The lowest BCUT2D eigenvalue weighted by atomic mass is 10.3. The Morgan fingerprint density at radius 3 is 2.67 bits per heavy atom. The van der Waals surface area contributed by atoms with E-state index in [0.29, 0.717) is 0 Å². The van der Waals surface area contributed by atoms with E-state index < -0.39 is 0 Å². The van der Waals surface area contributed by atoms with E-state index in [1.807, 2.05) is 30.4 Å². The number of hydrogen-bond acceptors (Lipinski definition) is 4. The van der Waals surface area contributed by atoms with Crippen molar-refractivity contribution in [3.63, 3.8) is 0 Å². The fourth-order valence-electron chi connectivity index (χ4n) is 2.38. The number of hydrogen-bond donors (Lipinski definition) is 0. The third-order valence-corrected chi connectivity index (χ3v) is 6.96. The highest BCUT2D eigenvalue weighted by atomic mass is 127. The smallest absolute Gasteiger partial charge is 0.117 e. The van der Waals surface area contributed by atoms with Gasteiger partial charge in [-0.05, 0) is 36.4 Å². The fourth-order valence-corrected chi connectivity index (χ4v) is 5.26. The highest BCUT2D eigenvalue weighted by Crippen LogP contribution is 2.47. The molecule has 0 N–H and O–H groups in total. The molecular weight excluding hydrogens is 447 g/mol. The van der Waals surface area contributed by atoms with Crippen molar-refractivity contribution in [2.45, 2.75) is 4.90 Å². The SMILES string of the molecule is IN1\C(=C/C=C/C=C/c2nc3ccccc3s2)Sc2ccccc21. The maximum absolute atomic E-state index is 4.60. The molecule has 0 bridgehead atoms. The molecule has 0 radical (unpaired) electrons. The number of allylic oxidation sites excluding steroid dienone is 4. The highest BCUT2D eigenvalue weighted by molar-refractivity contribution is 14.1. The second-order valence-electron chi connectivity index (χ2n) is 5.12. The molecule has 0 atom stereocenters. The van der Waals surface area contributed by atoms with Crippen LogP contribution in [0.1, 0.15) is 5.01 Å². The molecule has 0 unspecified atom stereocenters. The van der Waals surface area contributed by atoms with Gasteiger partial charge in [0.1, 0.15) is 5.01 Å². The van der Waals surface area contributed by atoms with Crippen molar-refractivity contribution in [1.82, 2.24) is 4.98 Å². The lowest BCUT2D eigenvalue weighted by Crippen LogP contribution is -1.99. The molecule has 0 amide bonds. The molecule has 0 fully saturated rings. The van der Waals surface area contributed by atoms with E-state index in [1.54, 1.807) is 23.1 Å². The molecule has 0 aliphatic carbocycles. The van der Waals surface area contributed by atoms with E-state index in [0.717, 1.165) is 10.5 Å². The predicted octanol–water partition coefficient (Wildman–Crippen LogP) is 6.67. The van der Waals surface area contributed by atoms with Crippen LogP contribution in [0.3, 0.4) is 0 Å². The van der Waals surface area contributed by atoms with E-state index in [1.165, 1.54) is 20.3 Å². The van der Waals surface area contributed by atoms with Gasteiger partial charge in [-0.15, -0.1) is 11.3 Å². The van der Waals surface area contributed by atoms with Gasteiger partial charge in [-0.25, -0.2) is 4.98 Å². The molecule has 0 saturated carbocycles. The van der Waals surface area contributed by atoms with Crippen LogP contribution in [0.4, 0.5) is 5.69 Å². The van der Waals surface area contributed by atoms with E-state index >= 15 is 0 Å². The summed E-state index contributed by atoms with van der Waals surface area (Å²) in [6.45, 7) is 0. The zero-order valence-corrected chi connectivity index (χ0v) is 16.4. The number of fused-ring (bicyclic) bond motifs is 2. The lowest BCUT2D eigenvalue weighted by molar-refractivity contribution is 1.40. The molecule has 5 heteroatoms. The minimum absolute atomic E-state index is 1.03. The Hall–Kier alpha value is -1.57. The third-order valence-electron chi connectivity index (χ3n) is 3.50. The standard InChI is InChI=1S/C19H13IN2S2/c20-22-15-9-5-7-11-17(15)24-19(22)13-3-1-2-12-18-21-14-8-4-6-10-16(14)23-18/h1-13H/b3-1+,12-2+,19-13+. The van der Waals surface area contributed by atoms with Crippen molar-refractivity contribution in [3.05, 3.63) is 82.9 Å². The quantitative estimate of drug-likeness (QED) is 0.247. The van der Waals surface area contributed by atoms with Gasteiger partial charge in [-0.3, -0.25) is 3.11 Å². The Kier molecular flexibility index (Phi) is 4.73. The van der Waals surface area contributed by atoms with Crippen LogP contribution >= 0.6 is 46.0 Å². The first kappa shape index (κ1) is 15.9.